The average Bonchev–Trinajstić information content (AvgIpc) is 3.22. The number of guanidine groups is 1. The zero-order chi connectivity index (χ0) is 19.6. The van der Waals surface area contributed by atoms with Gasteiger partial charge in [0.1, 0.15) is 5.76 Å². The Hall–Kier alpha value is -1.57. The first kappa shape index (κ1) is 21.1. The van der Waals surface area contributed by atoms with Crippen LogP contribution in [-0.4, -0.2) is 86.9 Å². The molecule has 1 aromatic heterocycles. The second-order valence-corrected chi connectivity index (χ2v) is 7.99. The van der Waals surface area contributed by atoms with E-state index in [1.165, 1.54) is 12.8 Å². The molecule has 2 aliphatic heterocycles. The summed E-state index contributed by atoms with van der Waals surface area (Å²) in [5.41, 5.74) is 0. The van der Waals surface area contributed by atoms with Gasteiger partial charge in [-0.15, -0.1) is 0 Å². The summed E-state index contributed by atoms with van der Waals surface area (Å²) in [5.74, 6) is 1.94. The zero-order valence-corrected chi connectivity index (χ0v) is 17.5. The first-order valence-electron chi connectivity index (χ1n) is 10.8. The fourth-order valence-corrected chi connectivity index (χ4v) is 3.79. The third kappa shape index (κ3) is 7.11. The van der Waals surface area contributed by atoms with Crippen molar-refractivity contribution in [3.63, 3.8) is 0 Å². The van der Waals surface area contributed by atoms with Gasteiger partial charge in [-0.3, -0.25) is 9.89 Å². The van der Waals surface area contributed by atoms with Crippen LogP contribution in [0.3, 0.4) is 0 Å². The lowest BCUT2D eigenvalue weighted by molar-refractivity contribution is 0.0394. The Bertz CT molecular complexity index is 561. The van der Waals surface area contributed by atoms with Gasteiger partial charge >= 0.3 is 0 Å². The molecular formula is C21H37N5O2. The summed E-state index contributed by atoms with van der Waals surface area (Å²) < 4.78 is 10.9. The number of aliphatic imine (C=N–C) groups is 1. The van der Waals surface area contributed by atoms with E-state index in [0.717, 1.165) is 77.2 Å². The number of rotatable bonds is 8. The maximum atomic E-state index is 5.44. The molecule has 0 aliphatic carbocycles. The molecule has 0 atom stereocenters. The minimum atomic E-state index is 0.494. The van der Waals surface area contributed by atoms with E-state index in [2.05, 4.69) is 34.3 Å². The van der Waals surface area contributed by atoms with Crippen molar-refractivity contribution in [3.05, 3.63) is 24.2 Å². The van der Waals surface area contributed by atoms with E-state index in [-0.39, 0.29) is 0 Å². The van der Waals surface area contributed by atoms with Crippen LogP contribution in [0.5, 0.6) is 0 Å². The van der Waals surface area contributed by atoms with Gasteiger partial charge in [0.05, 0.1) is 26.0 Å². The fourth-order valence-electron chi connectivity index (χ4n) is 3.79. The number of hydrogen-bond donors (Lipinski definition) is 2. The molecule has 0 amide bonds. The normalized spacial score (nSPS) is 20.6. The molecule has 0 radical (unpaired) electrons. The predicted molar refractivity (Wildman–Crippen MR) is 113 cm³/mol. The van der Waals surface area contributed by atoms with E-state index in [4.69, 9.17) is 14.1 Å². The van der Waals surface area contributed by atoms with E-state index in [1.54, 1.807) is 6.26 Å². The van der Waals surface area contributed by atoms with Crippen LogP contribution in [0.1, 0.15) is 32.4 Å². The Kier molecular flexibility index (Phi) is 8.64. The lowest BCUT2D eigenvalue weighted by Crippen LogP contribution is -2.50. The van der Waals surface area contributed by atoms with Crippen LogP contribution in [0.15, 0.2) is 27.8 Å². The van der Waals surface area contributed by atoms with Gasteiger partial charge in [0, 0.05) is 57.8 Å². The molecule has 0 spiro atoms. The summed E-state index contributed by atoms with van der Waals surface area (Å²) in [5, 5.41) is 7.17. The highest BCUT2D eigenvalue weighted by atomic mass is 16.5. The predicted octanol–water partition coefficient (Wildman–Crippen LogP) is 1.56. The van der Waals surface area contributed by atoms with E-state index >= 15 is 0 Å². The second kappa shape index (κ2) is 11.4. The lowest BCUT2D eigenvalue weighted by Gasteiger charge is -2.35. The maximum absolute atomic E-state index is 5.44. The molecule has 2 saturated heterocycles. The Labute approximate surface area is 169 Å². The van der Waals surface area contributed by atoms with Crippen LogP contribution in [0.2, 0.25) is 0 Å². The molecule has 3 heterocycles. The van der Waals surface area contributed by atoms with Crippen molar-refractivity contribution in [1.82, 2.24) is 20.4 Å². The summed E-state index contributed by atoms with van der Waals surface area (Å²) in [6.45, 7) is 13.2. The van der Waals surface area contributed by atoms with Crippen LogP contribution >= 0.6 is 0 Å². The van der Waals surface area contributed by atoms with Crippen molar-refractivity contribution >= 4 is 5.96 Å². The molecule has 2 N–H and O–H groups in total. The van der Waals surface area contributed by atoms with E-state index in [1.807, 2.05) is 12.1 Å². The number of hydrogen-bond acceptors (Lipinski definition) is 5. The molecular weight excluding hydrogens is 354 g/mol. The summed E-state index contributed by atoms with van der Waals surface area (Å²) >= 11 is 0. The standard InChI is InChI=1S/C21H37N5O2/c1-18(2)26-10-6-19(7-11-26)24-21(22-8-5-20-4-3-15-28-20)23-9-12-25-13-16-27-17-14-25/h3-4,15,18-19H,5-14,16-17H2,1-2H3,(H2,22,23,24). The third-order valence-electron chi connectivity index (χ3n) is 5.63. The number of nitrogens with one attached hydrogen (secondary N) is 2. The zero-order valence-electron chi connectivity index (χ0n) is 17.5. The molecule has 0 saturated carbocycles. The van der Waals surface area contributed by atoms with Crippen molar-refractivity contribution in [3.8, 4) is 0 Å². The Morgan fingerprint density at radius 3 is 2.68 bits per heavy atom. The van der Waals surface area contributed by atoms with Crippen molar-refractivity contribution in [2.75, 3.05) is 59.0 Å². The van der Waals surface area contributed by atoms with E-state index in [9.17, 15) is 0 Å². The van der Waals surface area contributed by atoms with Crippen molar-refractivity contribution in [2.45, 2.75) is 45.2 Å². The number of ether oxygens (including phenoxy) is 1. The molecule has 3 rings (SSSR count). The highest BCUT2D eigenvalue weighted by molar-refractivity contribution is 5.80. The fraction of sp³-hybridized carbons (Fsp3) is 0.762. The van der Waals surface area contributed by atoms with Crippen molar-refractivity contribution < 1.29 is 9.15 Å². The third-order valence-corrected chi connectivity index (χ3v) is 5.63. The molecule has 0 aromatic carbocycles. The minimum absolute atomic E-state index is 0.494. The van der Waals surface area contributed by atoms with Gasteiger partial charge in [-0.2, -0.15) is 0 Å². The number of morpholine rings is 1. The van der Waals surface area contributed by atoms with E-state index < -0.39 is 0 Å². The van der Waals surface area contributed by atoms with Crippen molar-refractivity contribution in [1.29, 1.82) is 0 Å². The van der Waals surface area contributed by atoms with E-state index in [0.29, 0.717) is 12.1 Å². The van der Waals surface area contributed by atoms with Gasteiger partial charge < -0.3 is 24.7 Å². The van der Waals surface area contributed by atoms with Crippen LogP contribution in [-0.2, 0) is 11.2 Å². The van der Waals surface area contributed by atoms with Gasteiger partial charge in [0.2, 0.25) is 0 Å². The van der Waals surface area contributed by atoms with Gasteiger partial charge in [-0.25, -0.2) is 0 Å². The summed E-state index contributed by atoms with van der Waals surface area (Å²) in [7, 11) is 0. The van der Waals surface area contributed by atoms with Crippen LogP contribution in [0, 0.1) is 0 Å². The van der Waals surface area contributed by atoms with Gasteiger partial charge in [-0.05, 0) is 38.8 Å². The molecule has 28 heavy (non-hydrogen) atoms. The average molecular weight is 392 g/mol. The Morgan fingerprint density at radius 1 is 1.21 bits per heavy atom. The number of piperidine rings is 1. The molecule has 0 bridgehead atoms. The highest BCUT2D eigenvalue weighted by Gasteiger charge is 2.21. The monoisotopic (exact) mass is 391 g/mol. The molecule has 7 nitrogen and oxygen atoms in total. The number of furan rings is 1. The molecule has 7 heteroatoms. The molecule has 1 aromatic rings. The number of nitrogens with zero attached hydrogens (tertiary/aromatic N) is 3. The molecule has 0 unspecified atom stereocenters. The summed E-state index contributed by atoms with van der Waals surface area (Å²) in [6, 6.07) is 5.08. The second-order valence-electron chi connectivity index (χ2n) is 7.99. The quantitative estimate of drug-likeness (QED) is 0.518. The smallest absolute Gasteiger partial charge is 0.191 e. The largest absolute Gasteiger partial charge is 0.469 e. The summed E-state index contributed by atoms with van der Waals surface area (Å²) in [6.07, 6.45) is 4.93. The highest BCUT2D eigenvalue weighted by Crippen LogP contribution is 2.12. The first-order valence-corrected chi connectivity index (χ1v) is 10.8. The SMILES string of the molecule is CC(C)N1CCC(NC(=NCCN2CCOCC2)NCCc2ccco2)CC1. The lowest BCUT2D eigenvalue weighted by atomic mass is 10.0. The van der Waals surface area contributed by atoms with Gasteiger partial charge in [-0.1, -0.05) is 0 Å². The maximum Gasteiger partial charge on any atom is 0.191 e. The molecule has 2 aliphatic rings. The topological polar surface area (TPSA) is 65.3 Å². The Balaban J connectivity index is 1.47. The van der Waals surface area contributed by atoms with Crippen molar-refractivity contribution in [2.24, 2.45) is 4.99 Å². The molecule has 2 fully saturated rings. The van der Waals surface area contributed by atoms with Crippen LogP contribution in [0.4, 0.5) is 0 Å². The number of likely N-dealkylation sites (tertiary alicyclic amines) is 1. The molecule has 158 valence electrons. The Morgan fingerprint density at radius 2 is 2.00 bits per heavy atom. The van der Waals surface area contributed by atoms with Crippen LogP contribution < -0.4 is 10.6 Å². The van der Waals surface area contributed by atoms with Gasteiger partial charge in [0.25, 0.3) is 0 Å². The first-order chi connectivity index (χ1) is 13.7. The van der Waals surface area contributed by atoms with Gasteiger partial charge in [0.15, 0.2) is 5.96 Å². The summed E-state index contributed by atoms with van der Waals surface area (Å²) in [4.78, 5) is 9.83. The van der Waals surface area contributed by atoms with Crippen LogP contribution in [0.25, 0.3) is 0 Å². The minimum Gasteiger partial charge on any atom is -0.469 e.